The van der Waals surface area contributed by atoms with Crippen LogP contribution in [0.5, 0.6) is 0 Å². The zero-order valence-corrected chi connectivity index (χ0v) is 19.4. The van der Waals surface area contributed by atoms with E-state index in [0.717, 1.165) is 25.7 Å². The van der Waals surface area contributed by atoms with Crippen LogP contribution in [-0.2, 0) is 19.1 Å². The Kier molecular flexibility index (Phi) is 20.8. The van der Waals surface area contributed by atoms with Gasteiger partial charge in [0.25, 0.3) is 0 Å². The molecular weight excluding hydrogens is 366 g/mol. The summed E-state index contributed by atoms with van der Waals surface area (Å²) >= 11 is 0. The van der Waals surface area contributed by atoms with Crippen molar-refractivity contribution in [2.75, 3.05) is 20.3 Å². The lowest BCUT2D eigenvalue weighted by Crippen LogP contribution is -2.36. The molecule has 172 valence electrons. The second-order valence-corrected chi connectivity index (χ2v) is 8.09. The zero-order chi connectivity index (χ0) is 21.6. The van der Waals surface area contributed by atoms with Crippen LogP contribution < -0.4 is 5.32 Å². The van der Waals surface area contributed by atoms with Crippen molar-refractivity contribution in [2.45, 2.75) is 123 Å². The number of hydrogen-bond donors (Lipinski definition) is 1. The van der Waals surface area contributed by atoms with Crippen LogP contribution >= 0.6 is 0 Å². The molecule has 5 heteroatoms. The van der Waals surface area contributed by atoms with Crippen molar-refractivity contribution in [2.24, 2.45) is 0 Å². The van der Waals surface area contributed by atoms with Crippen molar-refractivity contribution in [1.82, 2.24) is 5.32 Å². The highest BCUT2D eigenvalue weighted by Crippen LogP contribution is 2.10. The summed E-state index contributed by atoms with van der Waals surface area (Å²) in [7, 11) is 1.79. The fraction of sp³-hybridized carbons (Fsp3) is 0.917. The van der Waals surface area contributed by atoms with E-state index in [9.17, 15) is 9.59 Å². The number of carbonyl (C=O) groups is 2. The van der Waals surface area contributed by atoms with E-state index in [1.807, 2.05) is 0 Å². The Morgan fingerprint density at radius 1 is 0.621 bits per heavy atom. The van der Waals surface area contributed by atoms with Crippen molar-refractivity contribution in [3.8, 4) is 0 Å². The maximum atomic E-state index is 11.8. The van der Waals surface area contributed by atoms with Gasteiger partial charge in [-0.2, -0.15) is 0 Å². The maximum absolute atomic E-state index is 11.8. The number of unbranched alkanes of at least 4 members (excludes halogenated alkanes) is 12. The summed E-state index contributed by atoms with van der Waals surface area (Å²) in [6.07, 6.45) is 17.5. The van der Waals surface area contributed by atoms with Gasteiger partial charge in [-0.1, -0.05) is 90.9 Å². The van der Waals surface area contributed by atoms with E-state index in [-0.39, 0.29) is 31.2 Å². The molecule has 0 aliphatic heterocycles. The van der Waals surface area contributed by atoms with E-state index in [2.05, 4.69) is 19.2 Å². The molecular formula is C24H47NO4. The Morgan fingerprint density at radius 2 is 0.966 bits per heavy atom. The highest BCUT2D eigenvalue weighted by atomic mass is 16.5. The number of likely N-dealkylation sites (N-methyl/N-ethyl adjacent to an activating group) is 1. The summed E-state index contributed by atoms with van der Waals surface area (Å²) in [4.78, 5) is 23.7. The first-order chi connectivity index (χ1) is 14.1. The van der Waals surface area contributed by atoms with Crippen molar-refractivity contribution in [1.29, 1.82) is 0 Å². The second-order valence-electron chi connectivity index (χ2n) is 8.09. The molecule has 29 heavy (non-hydrogen) atoms. The normalized spacial score (nSPS) is 11.0. The highest BCUT2D eigenvalue weighted by molar-refractivity contribution is 5.69. The van der Waals surface area contributed by atoms with Gasteiger partial charge < -0.3 is 14.8 Å². The Bertz CT molecular complexity index is 353. The molecule has 0 aromatic heterocycles. The molecule has 0 rings (SSSR count). The zero-order valence-electron chi connectivity index (χ0n) is 19.4. The van der Waals surface area contributed by atoms with E-state index in [1.54, 1.807) is 7.05 Å². The summed E-state index contributed by atoms with van der Waals surface area (Å²) in [5, 5.41) is 3.05. The average Bonchev–Trinajstić information content (AvgIpc) is 2.72. The third-order valence-electron chi connectivity index (χ3n) is 5.27. The van der Waals surface area contributed by atoms with Crippen molar-refractivity contribution >= 4 is 11.9 Å². The van der Waals surface area contributed by atoms with Crippen LogP contribution in [0.1, 0.15) is 117 Å². The fourth-order valence-electron chi connectivity index (χ4n) is 3.20. The minimum absolute atomic E-state index is 0.147. The van der Waals surface area contributed by atoms with Crippen molar-refractivity contribution < 1.29 is 19.1 Å². The Balaban J connectivity index is 3.64. The predicted molar refractivity (Wildman–Crippen MR) is 120 cm³/mol. The van der Waals surface area contributed by atoms with Gasteiger partial charge >= 0.3 is 11.9 Å². The summed E-state index contributed by atoms with van der Waals surface area (Å²) < 4.78 is 10.6. The van der Waals surface area contributed by atoms with Gasteiger partial charge in [0, 0.05) is 12.8 Å². The van der Waals surface area contributed by atoms with Gasteiger partial charge in [-0.3, -0.25) is 9.59 Å². The van der Waals surface area contributed by atoms with E-state index >= 15 is 0 Å². The topological polar surface area (TPSA) is 64.6 Å². The summed E-state index contributed by atoms with van der Waals surface area (Å²) in [5.74, 6) is -0.318. The second kappa shape index (κ2) is 21.6. The Hall–Kier alpha value is -1.10. The molecule has 0 radical (unpaired) electrons. The van der Waals surface area contributed by atoms with Crippen LogP contribution in [0, 0.1) is 0 Å². The standard InChI is InChI=1S/C24H47NO4/c1-4-6-8-10-12-14-16-18-23(26)28-20-22(25-3)21-29-24(27)19-17-15-13-11-9-7-5-2/h22,25H,4-21H2,1-3H3. The first-order valence-corrected chi connectivity index (χ1v) is 12.1. The molecule has 5 nitrogen and oxygen atoms in total. The van der Waals surface area contributed by atoms with Crippen LogP contribution in [0.2, 0.25) is 0 Å². The van der Waals surface area contributed by atoms with Gasteiger partial charge in [0.05, 0.1) is 6.04 Å². The first-order valence-electron chi connectivity index (χ1n) is 12.1. The third-order valence-corrected chi connectivity index (χ3v) is 5.27. The van der Waals surface area contributed by atoms with Gasteiger partial charge in [0.2, 0.25) is 0 Å². The van der Waals surface area contributed by atoms with Crippen LogP contribution in [-0.4, -0.2) is 38.2 Å². The van der Waals surface area contributed by atoms with Crippen LogP contribution in [0.3, 0.4) is 0 Å². The van der Waals surface area contributed by atoms with E-state index in [1.165, 1.54) is 64.2 Å². The quantitative estimate of drug-likeness (QED) is 0.186. The van der Waals surface area contributed by atoms with E-state index in [0.29, 0.717) is 12.8 Å². The molecule has 0 saturated carbocycles. The molecule has 0 aliphatic carbocycles. The van der Waals surface area contributed by atoms with Crippen LogP contribution in [0.25, 0.3) is 0 Å². The predicted octanol–water partition coefficient (Wildman–Crippen LogP) is 5.94. The van der Waals surface area contributed by atoms with Crippen LogP contribution in [0.15, 0.2) is 0 Å². The van der Waals surface area contributed by atoms with E-state index in [4.69, 9.17) is 9.47 Å². The van der Waals surface area contributed by atoms with Crippen molar-refractivity contribution in [3.63, 3.8) is 0 Å². The minimum Gasteiger partial charge on any atom is -0.464 e. The van der Waals surface area contributed by atoms with Crippen LogP contribution in [0.4, 0.5) is 0 Å². The lowest BCUT2D eigenvalue weighted by Gasteiger charge is -2.16. The fourth-order valence-corrected chi connectivity index (χ4v) is 3.20. The number of hydrogen-bond acceptors (Lipinski definition) is 5. The largest absolute Gasteiger partial charge is 0.464 e. The molecule has 0 fully saturated rings. The summed E-state index contributed by atoms with van der Waals surface area (Å²) in [5.41, 5.74) is 0. The molecule has 0 unspecified atom stereocenters. The molecule has 0 saturated heterocycles. The molecule has 0 amide bonds. The molecule has 0 aliphatic rings. The lowest BCUT2D eigenvalue weighted by atomic mass is 10.1. The Labute approximate surface area is 179 Å². The number of carbonyl (C=O) groups excluding carboxylic acids is 2. The maximum Gasteiger partial charge on any atom is 0.305 e. The third kappa shape index (κ3) is 20.0. The highest BCUT2D eigenvalue weighted by Gasteiger charge is 2.13. The summed E-state index contributed by atoms with van der Waals surface area (Å²) in [6.45, 7) is 4.92. The SMILES string of the molecule is CCCCCCCCCC(=O)OCC(COC(=O)CCCCCCCCC)NC. The minimum atomic E-state index is -0.159. The van der Waals surface area contributed by atoms with Gasteiger partial charge in [-0.15, -0.1) is 0 Å². The summed E-state index contributed by atoms with van der Waals surface area (Å²) in [6, 6.07) is -0.147. The molecule has 0 aromatic rings. The molecule has 0 atom stereocenters. The first kappa shape index (κ1) is 27.9. The van der Waals surface area contributed by atoms with Crippen molar-refractivity contribution in [3.05, 3.63) is 0 Å². The van der Waals surface area contributed by atoms with Gasteiger partial charge in [-0.25, -0.2) is 0 Å². The monoisotopic (exact) mass is 413 g/mol. The van der Waals surface area contributed by atoms with Gasteiger partial charge in [0.15, 0.2) is 0 Å². The smallest absolute Gasteiger partial charge is 0.305 e. The number of rotatable bonds is 21. The number of esters is 2. The van der Waals surface area contributed by atoms with Gasteiger partial charge in [0.1, 0.15) is 13.2 Å². The Morgan fingerprint density at radius 3 is 1.31 bits per heavy atom. The number of ether oxygens (including phenoxy) is 2. The molecule has 0 spiro atoms. The average molecular weight is 414 g/mol. The molecule has 0 aromatic carbocycles. The van der Waals surface area contributed by atoms with Gasteiger partial charge in [-0.05, 0) is 19.9 Å². The van der Waals surface area contributed by atoms with E-state index < -0.39 is 0 Å². The number of nitrogens with one attached hydrogen (secondary N) is 1. The molecule has 1 N–H and O–H groups in total. The molecule has 0 heterocycles. The molecule has 0 bridgehead atoms. The lowest BCUT2D eigenvalue weighted by molar-refractivity contribution is -0.147.